The Balaban J connectivity index is 3.21. The molecule has 5 heteroatoms. The van der Waals surface area contributed by atoms with Crippen molar-refractivity contribution in [3.05, 3.63) is 22.2 Å². The first-order valence-electron chi connectivity index (χ1n) is 4.48. The molecule has 0 aromatic heterocycles. The van der Waals surface area contributed by atoms with Crippen molar-refractivity contribution >= 4 is 15.9 Å². The molecule has 1 rings (SSSR count). The molecule has 2 unspecified atom stereocenters. The largest absolute Gasteiger partial charge is 0.504 e. The van der Waals surface area contributed by atoms with E-state index in [1.165, 1.54) is 7.11 Å². The van der Waals surface area contributed by atoms with E-state index in [2.05, 4.69) is 15.9 Å². The van der Waals surface area contributed by atoms with Crippen molar-refractivity contribution in [3.8, 4) is 11.5 Å². The van der Waals surface area contributed by atoms with Crippen molar-refractivity contribution in [3.63, 3.8) is 0 Å². The maximum atomic E-state index is 9.82. The molecule has 0 aliphatic heterocycles. The number of benzene rings is 1. The molecule has 0 saturated heterocycles. The van der Waals surface area contributed by atoms with Gasteiger partial charge in [-0.3, -0.25) is 0 Å². The van der Waals surface area contributed by atoms with E-state index in [0.717, 1.165) is 0 Å². The average molecular weight is 276 g/mol. The van der Waals surface area contributed by atoms with Crippen LogP contribution in [-0.4, -0.2) is 23.4 Å². The Morgan fingerprint density at radius 1 is 1.47 bits per heavy atom. The van der Waals surface area contributed by atoms with Gasteiger partial charge in [-0.05, 0) is 28.9 Å². The van der Waals surface area contributed by atoms with Crippen molar-refractivity contribution in [2.24, 2.45) is 5.73 Å². The Morgan fingerprint density at radius 2 is 2.07 bits per heavy atom. The molecule has 4 N–H and O–H groups in total. The molecule has 0 heterocycles. The fourth-order valence-electron chi connectivity index (χ4n) is 1.28. The number of rotatable bonds is 3. The highest BCUT2D eigenvalue weighted by molar-refractivity contribution is 9.10. The van der Waals surface area contributed by atoms with Gasteiger partial charge in [0.15, 0.2) is 11.5 Å². The lowest BCUT2D eigenvalue weighted by molar-refractivity contribution is 0.149. The highest BCUT2D eigenvalue weighted by Crippen LogP contribution is 2.39. The lowest BCUT2D eigenvalue weighted by Crippen LogP contribution is -2.24. The molecule has 0 spiro atoms. The summed E-state index contributed by atoms with van der Waals surface area (Å²) in [7, 11) is 1.45. The van der Waals surface area contributed by atoms with Crippen LogP contribution in [0.2, 0.25) is 0 Å². The predicted octanol–water partition coefficient (Wildman–Crippen LogP) is 1.54. The van der Waals surface area contributed by atoms with Crippen LogP contribution in [0, 0.1) is 0 Å². The fraction of sp³-hybridized carbons (Fsp3) is 0.400. The number of nitrogens with two attached hydrogens (primary N) is 1. The molecule has 1 aromatic carbocycles. The van der Waals surface area contributed by atoms with Gasteiger partial charge in [0.05, 0.1) is 17.7 Å². The van der Waals surface area contributed by atoms with Crippen LogP contribution < -0.4 is 10.5 Å². The number of aliphatic hydroxyl groups is 1. The Hall–Kier alpha value is -0.780. The van der Waals surface area contributed by atoms with Crippen molar-refractivity contribution in [1.29, 1.82) is 0 Å². The third-order valence-electron chi connectivity index (χ3n) is 2.14. The second-order valence-corrected chi connectivity index (χ2v) is 4.18. The van der Waals surface area contributed by atoms with Crippen LogP contribution in [0.3, 0.4) is 0 Å². The van der Waals surface area contributed by atoms with E-state index in [-0.39, 0.29) is 5.75 Å². The van der Waals surface area contributed by atoms with Gasteiger partial charge in [-0.1, -0.05) is 6.07 Å². The summed E-state index contributed by atoms with van der Waals surface area (Å²) in [6.45, 7) is 1.67. The molecule has 2 atom stereocenters. The SMILES string of the molecule is COc1c(Br)ccc(C(O)C(C)N)c1O. The van der Waals surface area contributed by atoms with Crippen molar-refractivity contribution in [2.75, 3.05) is 7.11 Å². The normalized spacial score (nSPS) is 14.7. The quantitative estimate of drug-likeness (QED) is 0.782. The number of ether oxygens (including phenoxy) is 1. The number of halogens is 1. The zero-order chi connectivity index (χ0) is 11.6. The van der Waals surface area contributed by atoms with Crippen LogP contribution >= 0.6 is 15.9 Å². The van der Waals surface area contributed by atoms with Crippen molar-refractivity contribution < 1.29 is 14.9 Å². The Labute approximate surface area is 96.8 Å². The molecule has 84 valence electrons. The van der Waals surface area contributed by atoms with E-state index in [1.807, 2.05) is 0 Å². The first-order valence-corrected chi connectivity index (χ1v) is 5.27. The Bertz CT molecular complexity index is 355. The number of phenols is 1. The molecule has 0 aliphatic rings. The van der Waals surface area contributed by atoms with Gasteiger partial charge < -0.3 is 20.7 Å². The summed E-state index contributed by atoms with van der Waals surface area (Å²) >= 11 is 3.23. The number of hydrogen-bond acceptors (Lipinski definition) is 4. The number of aliphatic hydroxyl groups excluding tert-OH is 1. The summed E-state index contributed by atoms with van der Waals surface area (Å²) < 4.78 is 5.63. The molecule has 15 heavy (non-hydrogen) atoms. The second-order valence-electron chi connectivity index (χ2n) is 3.32. The van der Waals surface area contributed by atoms with Crippen LogP contribution in [0.15, 0.2) is 16.6 Å². The monoisotopic (exact) mass is 275 g/mol. The standard InChI is InChI=1S/C10H14BrNO3/c1-5(12)8(13)6-3-4-7(11)10(15-2)9(6)14/h3-5,8,13-14H,12H2,1-2H3. The summed E-state index contributed by atoms with van der Waals surface area (Å²) in [5.74, 6) is 0.212. The van der Waals surface area contributed by atoms with Gasteiger partial charge in [0.1, 0.15) is 0 Å². The predicted molar refractivity (Wildman–Crippen MR) is 61.0 cm³/mol. The Morgan fingerprint density at radius 3 is 2.53 bits per heavy atom. The molecular formula is C10H14BrNO3. The molecule has 1 aromatic rings. The van der Waals surface area contributed by atoms with Gasteiger partial charge >= 0.3 is 0 Å². The van der Waals surface area contributed by atoms with E-state index in [9.17, 15) is 10.2 Å². The molecule has 4 nitrogen and oxygen atoms in total. The maximum absolute atomic E-state index is 9.82. The van der Waals surface area contributed by atoms with E-state index < -0.39 is 12.1 Å². The van der Waals surface area contributed by atoms with Gasteiger partial charge in [0.2, 0.25) is 0 Å². The first kappa shape index (κ1) is 12.3. The van der Waals surface area contributed by atoms with Crippen molar-refractivity contribution in [2.45, 2.75) is 19.1 Å². The number of hydrogen-bond donors (Lipinski definition) is 3. The molecular weight excluding hydrogens is 262 g/mol. The maximum Gasteiger partial charge on any atom is 0.175 e. The van der Waals surface area contributed by atoms with Crippen LogP contribution in [0.4, 0.5) is 0 Å². The molecule has 0 bridgehead atoms. The van der Waals surface area contributed by atoms with Gasteiger partial charge in [0, 0.05) is 11.6 Å². The minimum absolute atomic E-state index is 0.0864. The Kier molecular flexibility index (Phi) is 3.96. The summed E-state index contributed by atoms with van der Waals surface area (Å²) in [5, 5.41) is 19.6. The molecule has 0 fully saturated rings. The number of aromatic hydroxyl groups is 1. The number of phenolic OH excluding ortho intramolecular Hbond substituents is 1. The van der Waals surface area contributed by atoms with Gasteiger partial charge in [-0.15, -0.1) is 0 Å². The molecule has 0 aliphatic carbocycles. The fourth-order valence-corrected chi connectivity index (χ4v) is 1.76. The summed E-state index contributed by atoms with van der Waals surface area (Å²) in [5.41, 5.74) is 5.92. The highest BCUT2D eigenvalue weighted by Gasteiger charge is 2.20. The van der Waals surface area contributed by atoms with Crippen LogP contribution in [-0.2, 0) is 0 Å². The lowest BCUT2D eigenvalue weighted by atomic mass is 10.0. The third-order valence-corrected chi connectivity index (χ3v) is 2.76. The zero-order valence-corrected chi connectivity index (χ0v) is 10.2. The van der Waals surface area contributed by atoms with E-state index >= 15 is 0 Å². The zero-order valence-electron chi connectivity index (χ0n) is 8.57. The smallest absolute Gasteiger partial charge is 0.175 e. The summed E-state index contributed by atoms with van der Waals surface area (Å²) in [6, 6.07) is 2.84. The third kappa shape index (κ3) is 2.42. The highest BCUT2D eigenvalue weighted by atomic mass is 79.9. The van der Waals surface area contributed by atoms with E-state index in [1.54, 1.807) is 19.1 Å². The van der Waals surface area contributed by atoms with Gasteiger partial charge in [-0.25, -0.2) is 0 Å². The van der Waals surface area contributed by atoms with Crippen LogP contribution in [0.1, 0.15) is 18.6 Å². The van der Waals surface area contributed by atoms with Crippen LogP contribution in [0.5, 0.6) is 11.5 Å². The topological polar surface area (TPSA) is 75.7 Å². The second kappa shape index (κ2) is 4.83. The minimum atomic E-state index is -0.910. The van der Waals surface area contributed by atoms with Crippen LogP contribution in [0.25, 0.3) is 0 Å². The molecule has 0 amide bonds. The molecule has 0 radical (unpaired) electrons. The van der Waals surface area contributed by atoms with Gasteiger partial charge in [-0.2, -0.15) is 0 Å². The van der Waals surface area contributed by atoms with E-state index in [0.29, 0.717) is 15.8 Å². The first-order chi connectivity index (χ1) is 6.99. The average Bonchev–Trinajstić information content (AvgIpc) is 2.17. The van der Waals surface area contributed by atoms with E-state index in [4.69, 9.17) is 10.5 Å². The summed E-state index contributed by atoms with van der Waals surface area (Å²) in [6.07, 6.45) is -0.910. The summed E-state index contributed by atoms with van der Waals surface area (Å²) in [4.78, 5) is 0. The minimum Gasteiger partial charge on any atom is -0.504 e. The van der Waals surface area contributed by atoms with Gasteiger partial charge in [0.25, 0.3) is 0 Å². The number of methoxy groups -OCH3 is 1. The molecule has 0 saturated carbocycles. The van der Waals surface area contributed by atoms with Crippen molar-refractivity contribution in [1.82, 2.24) is 0 Å². The lowest BCUT2D eigenvalue weighted by Gasteiger charge is -2.18.